The Balaban J connectivity index is 2.46. The van der Waals surface area contributed by atoms with Crippen LogP contribution < -0.4 is 4.74 Å². The van der Waals surface area contributed by atoms with Crippen molar-refractivity contribution in [1.29, 1.82) is 0 Å². The quantitative estimate of drug-likeness (QED) is 0.806. The molecule has 0 N–H and O–H groups in total. The van der Waals surface area contributed by atoms with Crippen LogP contribution in [0.15, 0.2) is 12.3 Å². The molecule has 2 aromatic heterocycles. The van der Waals surface area contributed by atoms with Crippen molar-refractivity contribution in [3.8, 4) is 5.88 Å². The van der Waals surface area contributed by atoms with Crippen LogP contribution in [0.3, 0.4) is 0 Å². The first-order valence-electron chi connectivity index (χ1n) is 5.81. The lowest BCUT2D eigenvalue weighted by Crippen LogP contribution is -2.14. The molecule has 2 rings (SSSR count). The lowest BCUT2D eigenvalue weighted by Gasteiger charge is -2.09. The van der Waals surface area contributed by atoms with Crippen molar-refractivity contribution >= 4 is 17.4 Å². The SMILES string of the molecule is COc1cc(C(=O)c2c(Cl)cnn2C(C)C)nn1C. The van der Waals surface area contributed by atoms with Gasteiger partial charge in [0.1, 0.15) is 11.4 Å². The van der Waals surface area contributed by atoms with Gasteiger partial charge in [-0.1, -0.05) is 11.6 Å². The van der Waals surface area contributed by atoms with Crippen LogP contribution in [-0.2, 0) is 7.05 Å². The van der Waals surface area contributed by atoms with Crippen LogP contribution in [0.2, 0.25) is 5.02 Å². The molecule has 2 aromatic rings. The summed E-state index contributed by atoms with van der Waals surface area (Å²) in [7, 11) is 3.23. The van der Waals surface area contributed by atoms with Crippen LogP contribution in [0.4, 0.5) is 0 Å². The maximum absolute atomic E-state index is 12.5. The van der Waals surface area contributed by atoms with E-state index >= 15 is 0 Å². The predicted molar refractivity (Wildman–Crippen MR) is 70.8 cm³/mol. The number of rotatable bonds is 4. The second-order valence-electron chi connectivity index (χ2n) is 4.40. The number of nitrogens with zero attached hydrogens (tertiary/aromatic N) is 4. The molecule has 0 fully saturated rings. The van der Waals surface area contributed by atoms with Crippen molar-refractivity contribution < 1.29 is 9.53 Å². The first kappa shape index (κ1) is 13.6. The zero-order valence-electron chi connectivity index (χ0n) is 11.2. The van der Waals surface area contributed by atoms with Crippen LogP contribution in [-0.4, -0.2) is 32.5 Å². The van der Waals surface area contributed by atoms with E-state index < -0.39 is 0 Å². The van der Waals surface area contributed by atoms with Crippen molar-refractivity contribution in [2.45, 2.75) is 19.9 Å². The van der Waals surface area contributed by atoms with E-state index in [1.54, 1.807) is 17.8 Å². The summed E-state index contributed by atoms with van der Waals surface area (Å²) in [5.74, 6) is 0.241. The van der Waals surface area contributed by atoms with Crippen LogP contribution in [0.1, 0.15) is 36.1 Å². The Morgan fingerprint density at radius 1 is 1.47 bits per heavy atom. The Bertz CT molecular complexity index is 615. The minimum atomic E-state index is -0.268. The second-order valence-corrected chi connectivity index (χ2v) is 4.81. The predicted octanol–water partition coefficient (Wildman–Crippen LogP) is 2.09. The molecule has 19 heavy (non-hydrogen) atoms. The van der Waals surface area contributed by atoms with Crippen molar-refractivity contribution in [3.05, 3.63) is 28.7 Å². The summed E-state index contributed by atoms with van der Waals surface area (Å²) in [6, 6.07) is 1.62. The van der Waals surface area contributed by atoms with Crippen molar-refractivity contribution in [1.82, 2.24) is 19.6 Å². The summed E-state index contributed by atoms with van der Waals surface area (Å²) in [5, 5.41) is 8.55. The number of ether oxygens (including phenoxy) is 1. The highest BCUT2D eigenvalue weighted by molar-refractivity contribution is 6.34. The Hall–Kier alpha value is -1.82. The molecule has 0 aromatic carbocycles. The zero-order valence-corrected chi connectivity index (χ0v) is 12.0. The molecular weight excluding hydrogens is 268 g/mol. The van der Waals surface area contributed by atoms with Crippen molar-refractivity contribution in [2.75, 3.05) is 7.11 Å². The van der Waals surface area contributed by atoms with E-state index in [0.717, 1.165) is 0 Å². The highest BCUT2D eigenvalue weighted by Crippen LogP contribution is 2.23. The molecule has 0 aliphatic heterocycles. The molecule has 0 bridgehead atoms. The molecular formula is C12H15ClN4O2. The highest BCUT2D eigenvalue weighted by Gasteiger charge is 2.23. The largest absolute Gasteiger partial charge is 0.481 e. The summed E-state index contributed by atoms with van der Waals surface area (Å²) < 4.78 is 8.18. The topological polar surface area (TPSA) is 61.9 Å². The van der Waals surface area contributed by atoms with E-state index in [4.69, 9.17) is 16.3 Å². The van der Waals surface area contributed by atoms with Gasteiger partial charge in [-0.25, -0.2) is 4.68 Å². The number of hydrogen-bond donors (Lipinski definition) is 0. The van der Waals surface area contributed by atoms with Gasteiger partial charge < -0.3 is 4.74 Å². The summed E-state index contributed by atoms with van der Waals surface area (Å²) in [6.07, 6.45) is 1.47. The summed E-state index contributed by atoms with van der Waals surface area (Å²) >= 11 is 6.04. The lowest BCUT2D eigenvalue weighted by molar-refractivity contribution is 0.102. The maximum Gasteiger partial charge on any atom is 0.232 e. The average molecular weight is 283 g/mol. The molecule has 0 unspecified atom stereocenters. The number of carbonyl (C=O) groups is 1. The molecule has 0 saturated heterocycles. The number of carbonyl (C=O) groups excluding carboxylic acids is 1. The number of aryl methyl sites for hydroxylation is 1. The molecule has 2 heterocycles. The van der Waals surface area contributed by atoms with Crippen LogP contribution in [0.5, 0.6) is 5.88 Å². The van der Waals surface area contributed by atoms with Gasteiger partial charge in [-0.15, -0.1) is 0 Å². The van der Waals surface area contributed by atoms with Gasteiger partial charge in [-0.05, 0) is 13.8 Å². The molecule has 0 aliphatic carbocycles. The Kier molecular flexibility index (Phi) is 3.61. The lowest BCUT2D eigenvalue weighted by atomic mass is 10.2. The fourth-order valence-corrected chi connectivity index (χ4v) is 2.03. The second kappa shape index (κ2) is 5.05. The molecule has 0 saturated carbocycles. The molecule has 0 spiro atoms. The van der Waals surface area contributed by atoms with E-state index in [-0.39, 0.29) is 17.5 Å². The van der Waals surface area contributed by atoms with Crippen LogP contribution in [0, 0.1) is 0 Å². The first-order chi connectivity index (χ1) is 8.95. The fourth-order valence-electron chi connectivity index (χ4n) is 1.82. The monoisotopic (exact) mass is 282 g/mol. The minimum absolute atomic E-state index is 0.0389. The summed E-state index contributed by atoms with van der Waals surface area (Å²) in [4.78, 5) is 12.5. The molecule has 0 amide bonds. The molecule has 7 heteroatoms. The molecule has 0 radical (unpaired) electrons. The van der Waals surface area contributed by atoms with Crippen LogP contribution >= 0.6 is 11.6 Å². The fraction of sp³-hybridized carbons (Fsp3) is 0.417. The van der Waals surface area contributed by atoms with Gasteiger partial charge >= 0.3 is 0 Å². The van der Waals surface area contributed by atoms with Gasteiger partial charge in [0.2, 0.25) is 11.7 Å². The van der Waals surface area contributed by atoms with Crippen molar-refractivity contribution in [3.63, 3.8) is 0 Å². The Labute approximate surface area is 115 Å². The summed E-state index contributed by atoms with van der Waals surface area (Å²) in [6.45, 7) is 3.86. The van der Waals surface area contributed by atoms with E-state index in [1.165, 1.54) is 18.0 Å². The minimum Gasteiger partial charge on any atom is -0.481 e. The van der Waals surface area contributed by atoms with Gasteiger partial charge in [-0.2, -0.15) is 10.2 Å². The summed E-state index contributed by atoms with van der Waals surface area (Å²) in [5.41, 5.74) is 0.626. The molecule has 0 atom stereocenters. The van der Waals surface area contributed by atoms with Gasteiger partial charge in [-0.3, -0.25) is 9.48 Å². The smallest absolute Gasteiger partial charge is 0.232 e. The Morgan fingerprint density at radius 2 is 2.16 bits per heavy atom. The van der Waals surface area contributed by atoms with Gasteiger partial charge in [0.05, 0.1) is 18.3 Å². The number of halogens is 1. The first-order valence-corrected chi connectivity index (χ1v) is 6.19. The standard InChI is InChI=1S/C12H15ClN4O2/c1-7(2)17-11(8(13)6-14-17)12(18)9-5-10(19-4)16(3)15-9/h5-7H,1-4H3. The highest BCUT2D eigenvalue weighted by atomic mass is 35.5. The number of ketones is 1. The van der Waals surface area contributed by atoms with Gasteiger partial charge in [0, 0.05) is 19.2 Å². The molecule has 0 aliphatic rings. The molecule has 6 nitrogen and oxygen atoms in total. The van der Waals surface area contributed by atoms with Gasteiger partial charge in [0.15, 0.2) is 0 Å². The third-order valence-electron chi connectivity index (χ3n) is 2.73. The number of methoxy groups -OCH3 is 1. The van der Waals surface area contributed by atoms with Crippen molar-refractivity contribution in [2.24, 2.45) is 7.05 Å². The maximum atomic E-state index is 12.5. The van der Waals surface area contributed by atoms with E-state index in [9.17, 15) is 4.79 Å². The van der Waals surface area contributed by atoms with E-state index in [2.05, 4.69) is 10.2 Å². The van der Waals surface area contributed by atoms with E-state index in [0.29, 0.717) is 16.6 Å². The number of hydrogen-bond acceptors (Lipinski definition) is 4. The average Bonchev–Trinajstić information content (AvgIpc) is 2.91. The Morgan fingerprint density at radius 3 is 2.68 bits per heavy atom. The third kappa shape index (κ3) is 2.35. The van der Waals surface area contributed by atoms with E-state index in [1.807, 2.05) is 13.8 Å². The normalized spacial score (nSPS) is 11.1. The van der Waals surface area contributed by atoms with Crippen LogP contribution in [0.25, 0.3) is 0 Å². The number of aromatic nitrogens is 4. The molecule has 102 valence electrons. The zero-order chi connectivity index (χ0) is 14.2. The van der Waals surface area contributed by atoms with Gasteiger partial charge in [0.25, 0.3) is 0 Å². The third-order valence-corrected chi connectivity index (χ3v) is 3.01.